The van der Waals surface area contributed by atoms with Gasteiger partial charge in [-0.15, -0.1) is 0 Å². The van der Waals surface area contributed by atoms with Crippen molar-refractivity contribution >= 4 is 0 Å². The van der Waals surface area contributed by atoms with E-state index in [9.17, 15) is 0 Å². The molecule has 1 nitrogen and oxygen atoms in total. The van der Waals surface area contributed by atoms with Crippen molar-refractivity contribution in [1.82, 2.24) is 5.32 Å². The van der Waals surface area contributed by atoms with Crippen LogP contribution in [0.3, 0.4) is 0 Å². The number of nitrogens with one attached hydrogen (secondary N) is 1. The van der Waals surface area contributed by atoms with E-state index in [1.807, 2.05) is 0 Å². The molecule has 0 aliphatic heterocycles. The van der Waals surface area contributed by atoms with Crippen molar-refractivity contribution in [3.8, 4) is 0 Å². The molecule has 0 amide bonds. The van der Waals surface area contributed by atoms with E-state index in [0.29, 0.717) is 0 Å². The van der Waals surface area contributed by atoms with Crippen LogP contribution in [0.5, 0.6) is 0 Å². The molecule has 0 radical (unpaired) electrons. The first-order valence-electron chi connectivity index (χ1n) is 6.72. The predicted molar refractivity (Wildman–Crippen MR) is 70.0 cm³/mol. The van der Waals surface area contributed by atoms with Gasteiger partial charge in [-0.05, 0) is 19.3 Å². The quantitative estimate of drug-likeness (QED) is 0.491. The van der Waals surface area contributed by atoms with Gasteiger partial charge in [0.15, 0.2) is 0 Å². The zero-order valence-electron chi connectivity index (χ0n) is 10.8. The molecule has 0 aromatic rings. The maximum Gasteiger partial charge on any atom is 0.0143 e. The SMILES string of the molecule is C=C(CCCCCCC)NCCCCC. The molecule has 0 aromatic heterocycles. The Hall–Kier alpha value is -0.460. The Morgan fingerprint density at radius 3 is 2.13 bits per heavy atom. The fourth-order valence-corrected chi connectivity index (χ4v) is 1.67. The monoisotopic (exact) mass is 211 g/mol. The van der Waals surface area contributed by atoms with Crippen molar-refractivity contribution in [2.75, 3.05) is 6.54 Å². The number of rotatable bonds is 11. The minimum absolute atomic E-state index is 1.11. The number of hydrogen-bond donors (Lipinski definition) is 1. The van der Waals surface area contributed by atoms with E-state index in [4.69, 9.17) is 0 Å². The molecule has 0 fully saturated rings. The molecular weight excluding hydrogens is 182 g/mol. The van der Waals surface area contributed by atoms with E-state index in [1.165, 1.54) is 57.1 Å². The van der Waals surface area contributed by atoms with Gasteiger partial charge >= 0.3 is 0 Å². The van der Waals surface area contributed by atoms with Gasteiger partial charge < -0.3 is 5.32 Å². The molecule has 0 atom stereocenters. The minimum atomic E-state index is 1.11. The third kappa shape index (κ3) is 11.5. The zero-order chi connectivity index (χ0) is 11.4. The molecule has 0 spiro atoms. The molecule has 0 saturated carbocycles. The highest BCUT2D eigenvalue weighted by Gasteiger charge is 1.94. The minimum Gasteiger partial charge on any atom is -0.389 e. The van der Waals surface area contributed by atoms with Crippen LogP contribution < -0.4 is 5.32 Å². The van der Waals surface area contributed by atoms with Gasteiger partial charge in [0.05, 0.1) is 0 Å². The lowest BCUT2D eigenvalue weighted by Crippen LogP contribution is -2.13. The van der Waals surface area contributed by atoms with E-state index in [0.717, 1.165) is 13.0 Å². The second kappa shape index (κ2) is 11.6. The first-order chi connectivity index (χ1) is 7.31. The summed E-state index contributed by atoms with van der Waals surface area (Å²) in [5.41, 5.74) is 1.24. The van der Waals surface area contributed by atoms with Crippen molar-refractivity contribution in [3.05, 3.63) is 12.3 Å². The smallest absolute Gasteiger partial charge is 0.0143 e. The molecule has 0 saturated heterocycles. The third-order valence-corrected chi connectivity index (χ3v) is 2.74. The second-order valence-corrected chi connectivity index (χ2v) is 4.40. The summed E-state index contributed by atoms with van der Waals surface area (Å²) >= 11 is 0. The number of hydrogen-bond acceptors (Lipinski definition) is 1. The average Bonchev–Trinajstić information content (AvgIpc) is 2.24. The highest BCUT2D eigenvalue weighted by atomic mass is 14.9. The van der Waals surface area contributed by atoms with Crippen LogP contribution in [0.2, 0.25) is 0 Å². The molecule has 15 heavy (non-hydrogen) atoms. The third-order valence-electron chi connectivity index (χ3n) is 2.74. The summed E-state index contributed by atoms with van der Waals surface area (Å²) in [5.74, 6) is 0. The van der Waals surface area contributed by atoms with Gasteiger partial charge in [-0.25, -0.2) is 0 Å². The van der Waals surface area contributed by atoms with Crippen LogP contribution >= 0.6 is 0 Å². The Morgan fingerprint density at radius 2 is 1.47 bits per heavy atom. The Labute approximate surface area is 96.3 Å². The van der Waals surface area contributed by atoms with Crippen LogP contribution in [-0.2, 0) is 0 Å². The topological polar surface area (TPSA) is 12.0 Å². The van der Waals surface area contributed by atoms with Gasteiger partial charge in [-0.1, -0.05) is 59.0 Å². The lowest BCUT2D eigenvalue weighted by Gasteiger charge is -2.08. The fourth-order valence-electron chi connectivity index (χ4n) is 1.67. The molecule has 0 aromatic carbocycles. The van der Waals surface area contributed by atoms with Gasteiger partial charge in [0.2, 0.25) is 0 Å². The van der Waals surface area contributed by atoms with Crippen LogP contribution in [0.15, 0.2) is 12.3 Å². The van der Waals surface area contributed by atoms with E-state index < -0.39 is 0 Å². The first kappa shape index (κ1) is 14.5. The lowest BCUT2D eigenvalue weighted by molar-refractivity contribution is 0.602. The van der Waals surface area contributed by atoms with Gasteiger partial charge in [0.1, 0.15) is 0 Å². The van der Waals surface area contributed by atoms with Crippen molar-refractivity contribution < 1.29 is 0 Å². The summed E-state index contributed by atoms with van der Waals surface area (Å²) in [6, 6.07) is 0. The van der Waals surface area contributed by atoms with Crippen molar-refractivity contribution in [3.63, 3.8) is 0 Å². The summed E-state index contributed by atoms with van der Waals surface area (Å²) in [6.45, 7) is 9.67. The van der Waals surface area contributed by atoms with Gasteiger partial charge in [-0.3, -0.25) is 0 Å². The number of allylic oxidation sites excluding steroid dienone is 1. The fraction of sp³-hybridized carbons (Fsp3) is 0.857. The maximum absolute atomic E-state index is 4.06. The Kier molecular flexibility index (Phi) is 11.3. The largest absolute Gasteiger partial charge is 0.389 e. The normalized spacial score (nSPS) is 10.3. The molecule has 0 bridgehead atoms. The van der Waals surface area contributed by atoms with Crippen molar-refractivity contribution in [1.29, 1.82) is 0 Å². The molecule has 0 heterocycles. The Bertz CT molecular complexity index is 140. The van der Waals surface area contributed by atoms with E-state index >= 15 is 0 Å². The zero-order valence-corrected chi connectivity index (χ0v) is 10.8. The first-order valence-corrected chi connectivity index (χ1v) is 6.72. The highest BCUT2D eigenvalue weighted by Crippen LogP contribution is 2.08. The maximum atomic E-state index is 4.06. The highest BCUT2D eigenvalue weighted by molar-refractivity contribution is 4.90. The average molecular weight is 211 g/mol. The lowest BCUT2D eigenvalue weighted by atomic mass is 10.1. The summed E-state index contributed by atoms with van der Waals surface area (Å²) in [4.78, 5) is 0. The van der Waals surface area contributed by atoms with Crippen LogP contribution in [0.25, 0.3) is 0 Å². The summed E-state index contributed by atoms with van der Waals surface area (Å²) in [5, 5.41) is 3.41. The molecule has 0 unspecified atom stereocenters. The molecular formula is C14H29N. The van der Waals surface area contributed by atoms with E-state index in [-0.39, 0.29) is 0 Å². The molecule has 1 heteroatoms. The Morgan fingerprint density at radius 1 is 0.867 bits per heavy atom. The standard InChI is InChI=1S/C14H29N/c1-4-6-8-9-10-12-14(3)15-13-11-7-5-2/h15H,3-13H2,1-2H3. The van der Waals surface area contributed by atoms with Crippen LogP contribution in [0, 0.1) is 0 Å². The Balaban J connectivity index is 3.11. The molecule has 0 aliphatic carbocycles. The summed E-state index contributed by atoms with van der Waals surface area (Å²) in [6.07, 6.45) is 11.8. The van der Waals surface area contributed by atoms with Gasteiger partial charge in [0.25, 0.3) is 0 Å². The molecule has 90 valence electrons. The molecule has 0 aliphatic rings. The summed E-state index contributed by atoms with van der Waals surface area (Å²) in [7, 11) is 0. The molecule has 1 N–H and O–H groups in total. The van der Waals surface area contributed by atoms with Crippen LogP contribution in [-0.4, -0.2) is 6.54 Å². The number of unbranched alkanes of at least 4 members (excludes halogenated alkanes) is 6. The van der Waals surface area contributed by atoms with E-state index in [2.05, 4.69) is 25.7 Å². The van der Waals surface area contributed by atoms with Gasteiger partial charge in [0, 0.05) is 12.2 Å². The van der Waals surface area contributed by atoms with Crippen LogP contribution in [0.1, 0.15) is 71.6 Å². The molecule has 0 rings (SSSR count). The van der Waals surface area contributed by atoms with Gasteiger partial charge in [-0.2, -0.15) is 0 Å². The van der Waals surface area contributed by atoms with Crippen molar-refractivity contribution in [2.45, 2.75) is 71.6 Å². The van der Waals surface area contributed by atoms with Crippen molar-refractivity contribution in [2.24, 2.45) is 0 Å². The second-order valence-electron chi connectivity index (χ2n) is 4.40. The summed E-state index contributed by atoms with van der Waals surface area (Å²) < 4.78 is 0. The van der Waals surface area contributed by atoms with E-state index in [1.54, 1.807) is 0 Å². The van der Waals surface area contributed by atoms with Crippen LogP contribution in [0.4, 0.5) is 0 Å². The predicted octanol–water partition coefficient (Wildman–Crippen LogP) is 4.64.